The Morgan fingerprint density at radius 3 is 1.73 bits per heavy atom. The molecule has 0 heterocycles. The molecule has 0 N–H and O–H groups in total. The summed E-state index contributed by atoms with van der Waals surface area (Å²) in [5, 5.41) is 1.51. The molecule has 0 fully saturated rings. The fourth-order valence-electron chi connectivity index (χ4n) is 2.70. The first kappa shape index (κ1) is 16.6. The molecule has 0 saturated heterocycles. The van der Waals surface area contributed by atoms with Gasteiger partial charge in [0.25, 0.3) is 0 Å². The second-order valence-electron chi connectivity index (χ2n) is 5.97. The lowest BCUT2D eigenvalue weighted by Crippen LogP contribution is -2.22. The van der Waals surface area contributed by atoms with Crippen LogP contribution in [-0.2, 0) is 0 Å². The Labute approximate surface area is 136 Å². The van der Waals surface area contributed by atoms with Gasteiger partial charge in [-0.3, -0.25) is 0 Å². The lowest BCUT2D eigenvalue weighted by atomic mass is 9.99. The van der Waals surface area contributed by atoms with Crippen LogP contribution in [0.2, 0.25) is 13.1 Å². The van der Waals surface area contributed by atoms with Crippen molar-refractivity contribution in [2.24, 2.45) is 0 Å². The smallest absolute Gasteiger partial charge is 0.0647 e. The van der Waals surface area contributed by atoms with Crippen molar-refractivity contribution in [2.45, 2.75) is 26.9 Å². The van der Waals surface area contributed by atoms with Gasteiger partial charge in [0.1, 0.15) is 0 Å². The molecule has 2 aromatic rings. The van der Waals surface area contributed by atoms with Crippen molar-refractivity contribution < 1.29 is 0 Å². The molecule has 0 aromatic heterocycles. The molecule has 0 saturated carbocycles. The van der Waals surface area contributed by atoms with E-state index in [1.807, 2.05) is 0 Å². The van der Waals surface area contributed by atoms with Crippen LogP contribution in [0.4, 0.5) is 5.69 Å². The zero-order valence-electron chi connectivity index (χ0n) is 14.3. The lowest BCUT2D eigenvalue weighted by Gasteiger charge is -2.21. The van der Waals surface area contributed by atoms with Gasteiger partial charge >= 0.3 is 0 Å². The van der Waals surface area contributed by atoms with Gasteiger partial charge in [-0.1, -0.05) is 61.3 Å². The van der Waals surface area contributed by atoms with E-state index in [0.29, 0.717) is 0 Å². The minimum absolute atomic E-state index is 0.716. The van der Waals surface area contributed by atoms with Crippen LogP contribution < -0.4 is 10.1 Å². The van der Waals surface area contributed by atoms with E-state index < -0.39 is 8.80 Å². The first-order valence-corrected chi connectivity index (χ1v) is 11.1. The van der Waals surface area contributed by atoms with Crippen molar-refractivity contribution in [1.29, 1.82) is 0 Å². The van der Waals surface area contributed by atoms with Crippen LogP contribution in [0.15, 0.2) is 55.1 Å². The summed E-state index contributed by atoms with van der Waals surface area (Å²) >= 11 is 0. The third kappa shape index (κ3) is 3.69. The molecule has 0 unspecified atom stereocenters. The van der Waals surface area contributed by atoms with E-state index in [9.17, 15) is 0 Å². The van der Waals surface area contributed by atoms with Gasteiger partial charge in [-0.25, -0.2) is 0 Å². The Balaban J connectivity index is 2.19. The monoisotopic (exact) mass is 309 g/mol. The van der Waals surface area contributed by atoms with Crippen LogP contribution in [0, 0.1) is 0 Å². The van der Waals surface area contributed by atoms with Gasteiger partial charge in [0, 0.05) is 18.8 Å². The third-order valence-corrected chi connectivity index (χ3v) is 5.99. The van der Waals surface area contributed by atoms with Crippen molar-refractivity contribution in [3.05, 3.63) is 66.2 Å². The number of hydrogen-bond donors (Lipinski definition) is 0. The molecule has 0 atom stereocenters. The number of hydrogen-bond acceptors (Lipinski definition) is 1. The Hall–Kier alpha value is -1.80. The molecule has 22 heavy (non-hydrogen) atoms. The average molecular weight is 310 g/mol. The highest BCUT2D eigenvalue weighted by Crippen LogP contribution is 2.24. The predicted octanol–water partition coefficient (Wildman–Crippen LogP) is 4.29. The minimum Gasteiger partial charge on any atom is -0.372 e. The van der Waals surface area contributed by atoms with E-state index in [2.05, 4.69) is 87.0 Å². The van der Waals surface area contributed by atoms with Crippen molar-refractivity contribution in [3.8, 4) is 0 Å². The minimum atomic E-state index is -0.716. The molecular formula is C20H27NSi. The van der Waals surface area contributed by atoms with E-state index in [1.54, 1.807) is 0 Å². The van der Waals surface area contributed by atoms with E-state index in [1.165, 1.54) is 22.0 Å². The predicted molar refractivity (Wildman–Crippen MR) is 103 cm³/mol. The van der Waals surface area contributed by atoms with Gasteiger partial charge in [0.15, 0.2) is 0 Å². The fourth-order valence-corrected chi connectivity index (χ4v) is 3.66. The maximum atomic E-state index is 4.28. The van der Waals surface area contributed by atoms with Crippen molar-refractivity contribution in [3.63, 3.8) is 0 Å². The molecule has 0 amide bonds. The standard InChI is InChI=1S/C20H27NSi/c1-6-21(7-2)19-12-8-17(9-13-19)16(3)18-10-14-20(15-11-18)22(4)5/h8-15,22H,3,6-7H2,1-2,4-5H3. The van der Waals surface area contributed by atoms with Crippen LogP contribution in [0.25, 0.3) is 5.57 Å². The highest BCUT2D eigenvalue weighted by Gasteiger charge is 2.06. The molecule has 0 spiro atoms. The summed E-state index contributed by atoms with van der Waals surface area (Å²) in [5.74, 6) is 0. The van der Waals surface area contributed by atoms with Crippen LogP contribution in [0.3, 0.4) is 0 Å². The van der Waals surface area contributed by atoms with E-state index in [-0.39, 0.29) is 0 Å². The summed E-state index contributed by atoms with van der Waals surface area (Å²) in [6.07, 6.45) is 0. The highest BCUT2D eigenvalue weighted by molar-refractivity contribution is 6.70. The third-order valence-electron chi connectivity index (χ3n) is 4.27. The molecular weight excluding hydrogens is 282 g/mol. The number of anilines is 1. The lowest BCUT2D eigenvalue weighted by molar-refractivity contribution is 0.866. The summed E-state index contributed by atoms with van der Waals surface area (Å²) < 4.78 is 0. The van der Waals surface area contributed by atoms with Crippen LogP contribution >= 0.6 is 0 Å². The van der Waals surface area contributed by atoms with E-state index >= 15 is 0 Å². The summed E-state index contributed by atoms with van der Waals surface area (Å²) in [6.45, 7) is 15.5. The highest BCUT2D eigenvalue weighted by atomic mass is 28.3. The fraction of sp³-hybridized carbons (Fsp3) is 0.300. The molecule has 116 valence electrons. The molecule has 0 aliphatic rings. The number of rotatable bonds is 6. The Bertz CT molecular complexity index is 607. The van der Waals surface area contributed by atoms with Gasteiger partial charge < -0.3 is 4.90 Å². The normalized spacial score (nSPS) is 10.8. The van der Waals surface area contributed by atoms with Crippen LogP contribution in [-0.4, -0.2) is 21.9 Å². The average Bonchev–Trinajstić information content (AvgIpc) is 2.56. The number of nitrogens with zero attached hydrogens (tertiary/aromatic N) is 1. The number of benzene rings is 2. The summed E-state index contributed by atoms with van der Waals surface area (Å²) in [4.78, 5) is 2.36. The summed E-state index contributed by atoms with van der Waals surface area (Å²) in [7, 11) is -0.716. The van der Waals surface area contributed by atoms with E-state index in [4.69, 9.17) is 0 Å². The van der Waals surface area contributed by atoms with Crippen LogP contribution in [0.1, 0.15) is 25.0 Å². The second-order valence-corrected chi connectivity index (χ2v) is 8.95. The molecule has 2 aromatic carbocycles. The maximum Gasteiger partial charge on any atom is 0.0647 e. The van der Waals surface area contributed by atoms with Crippen LogP contribution in [0.5, 0.6) is 0 Å². The van der Waals surface area contributed by atoms with Crippen molar-refractivity contribution in [2.75, 3.05) is 18.0 Å². The molecule has 2 rings (SSSR count). The van der Waals surface area contributed by atoms with Gasteiger partial charge in [-0.05, 0) is 42.7 Å². The largest absolute Gasteiger partial charge is 0.372 e. The molecule has 1 nitrogen and oxygen atoms in total. The molecule has 0 aliphatic heterocycles. The maximum absolute atomic E-state index is 4.28. The first-order valence-electron chi connectivity index (χ1n) is 8.21. The Morgan fingerprint density at radius 2 is 1.32 bits per heavy atom. The van der Waals surface area contributed by atoms with Gasteiger partial charge in [-0.2, -0.15) is 0 Å². The van der Waals surface area contributed by atoms with E-state index in [0.717, 1.165) is 18.7 Å². The van der Waals surface area contributed by atoms with Crippen molar-refractivity contribution in [1.82, 2.24) is 0 Å². The van der Waals surface area contributed by atoms with Gasteiger partial charge in [-0.15, -0.1) is 0 Å². The molecule has 2 heteroatoms. The zero-order valence-corrected chi connectivity index (χ0v) is 15.4. The Kier molecular flexibility index (Phi) is 5.61. The zero-order chi connectivity index (χ0) is 16.1. The molecule has 0 aliphatic carbocycles. The Morgan fingerprint density at radius 1 is 0.864 bits per heavy atom. The van der Waals surface area contributed by atoms with Gasteiger partial charge in [0.05, 0.1) is 8.80 Å². The summed E-state index contributed by atoms with van der Waals surface area (Å²) in [6, 6.07) is 17.7. The summed E-state index contributed by atoms with van der Waals surface area (Å²) in [5.41, 5.74) is 4.80. The SMILES string of the molecule is C=C(c1ccc(N(CC)CC)cc1)c1ccc([SiH](C)C)cc1. The molecule has 0 bridgehead atoms. The quantitative estimate of drug-likeness (QED) is 0.720. The van der Waals surface area contributed by atoms with Crippen molar-refractivity contribution >= 4 is 25.2 Å². The first-order chi connectivity index (χ1) is 10.6. The topological polar surface area (TPSA) is 3.24 Å². The second kappa shape index (κ2) is 7.46. The van der Waals surface area contributed by atoms with Gasteiger partial charge in [0.2, 0.25) is 0 Å². The molecule has 0 radical (unpaired) electrons.